The first-order valence-electron chi connectivity index (χ1n) is 6.82. The fourth-order valence-electron chi connectivity index (χ4n) is 2.83. The fraction of sp³-hybridized carbons (Fsp3) is 0.375. The molecule has 2 atom stereocenters. The molecule has 1 unspecified atom stereocenters. The highest BCUT2D eigenvalue weighted by Gasteiger charge is 2.23. The van der Waals surface area contributed by atoms with Crippen molar-refractivity contribution in [3.63, 3.8) is 0 Å². The molecule has 19 heavy (non-hydrogen) atoms. The van der Waals surface area contributed by atoms with Crippen molar-refractivity contribution >= 4 is 11.6 Å². The summed E-state index contributed by atoms with van der Waals surface area (Å²) in [6.07, 6.45) is 5.21. The summed E-state index contributed by atoms with van der Waals surface area (Å²) >= 11 is 6.05. The number of rotatable bonds is 3. The average molecular weight is 276 g/mol. The molecule has 0 saturated carbocycles. The zero-order valence-electron chi connectivity index (χ0n) is 11.0. The van der Waals surface area contributed by atoms with Gasteiger partial charge in [0.1, 0.15) is 5.76 Å². The van der Waals surface area contributed by atoms with Crippen LogP contribution < -0.4 is 5.32 Å². The predicted molar refractivity (Wildman–Crippen MR) is 77.4 cm³/mol. The van der Waals surface area contributed by atoms with E-state index in [2.05, 4.69) is 24.4 Å². The van der Waals surface area contributed by atoms with Gasteiger partial charge in [-0.15, -0.1) is 0 Å². The van der Waals surface area contributed by atoms with E-state index in [0.29, 0.717) is 6.04 Å². The third-order valence-corrected chi connectivity index (χ3v) is 4.09. The minimum atomic E-state index is 0.282. The number of furan rings is 1. The van der Waals surface area contributed by atoms with Crippen LogP contribution in [0, 0.1) is 0 Å². The summed E-state index contributed by atoms with van der Waals surface area (Å²) < 4.78 is 5.53. The average Bonchev–Trinajstić information content (AvgIpc) is 2.88. The molecule has 0 radical (unpaired) electrons. The predicted octanol–water partition coefficient (Wildman–Crippen LogP) is 4.66. The molecule has 1 aliphatic rings. The summed E-state index contributed by atoms with van der Waals surface area (Å²) in [5.74, 6) is 1.14. The molecule has 0 amide bonds. The van der Waals surface area contributed by atoms with E-state index >= 15 is 0 Å². The first-order valence-corrected chi connectivity index (χ1v) is 7.19. The number of hydrogen-bond donors (Lipinski definition) is 1. The molecule has 0 spiro atoms. The summed E-state index contributed by atoms with van der Waals surface area (Å²) in [4.78, 5) is 0. The van der Waals surface area contributed by atoms with Gasteiger partial charge in [0, 0.05) is 29.1 Å². The number of halogens is 1. The quantitative estimate of drug-likeness (QED) is 0.881. The highest BCUT2D eigenvalue weighted by atomic mass is 35.5. The molecule has 2 aromatic rings. The molecule has 0 fully saturated rings. The van der Waals surface area contributed by atoms with Crippen molar-refractivity contribution in [2.75, 3.05) is 0 Å². The van der Waals surface area contributed by atoms with Crippen molar-refractivity contribution in [1.82, 2.24) is 5.32 Å². The zero-order valence-corrected chi connectivity index (χ0v) is 11.8. The van der Waals surface area contributed by atoms with E-state index in [-0.39, 0.29) is 6.04 Å². The first-order chi connectivity index (χ1) is 9.24. The maximum atomic E-state index is 6.05. The molecule has 1 aliphatic carbocycles. The summed E-state index contributed by atoms with van der Waals surface area (Å²) in [6.45, 7) is 2.18. The minimum absolute atomic E-state index is 0.282. The number of hydrogen-bond acceptors (Lipinski definition) is 2. The molecule has 2 nitrogen and oxygen atoms in total. The van der Waals surface area contributed by atoms with Gasteiger partial charge in [-0.3, -0.25) is 0 Å². The van der Waals surface area contributed by atoms with Crippen molar-refractivity contribution < 1.29 is 4.42 Å². The van der Waals surface area contributed by atoms with Crippen LogP contribution in [0.2, 0.25) is 5.02 Å². The van der Waals surface area contributed by atoms with Crippen molar-refractivity contribution in [1.29, 1.82) is 0 Å². The molecule has 1 heterocycles. The van der Waals surface area contributed by atoms with E-state index in [1.165, 1.54) is 17.5 Å². The van der Waals surface area contributed by atoms with Gasteiger partial charge in [-0.05, 0) is 43.5 Å². The molecule has 1 aromatic heterocycles. The molecular formula is C16H18ClNO. The van der Waals surface area contributed by atoms with E-state index < -0.39 is 0 Å². The fourth-order valence-corrected chi connectivity index (χ4v) is 3.03. The molecular weight excluding hydrogens is 258 g/mol. The summed E-state index contributed by atoms with van der Waals surface area (Å²) in [6, 6.07) is 10.8. The summed E-state index contributed by atoms with van der Waals surface area (Å²) in [5.41, 5.74) is 2.54. The largest absolute Gasteiger partial charge is 0.469 e. The van der Waals surface area contributed by atoms with Crippen LogP contribution in [-0.2, 0) is 6.42 Å². The summed E-state index contributed by atoms with van der Waals surface area (Å²) in [5, 5.41) is 4.48. The topological polar surface area (TPSA) is 25.2 Å². The van der Waals surface area contributed by atoms with E-state index in [1.54, 1.807) is 6.26 Å². The van der Waals surface area contributed by atoms with E-state index in [4.69, 9.17) is 16.0 Å². The molecule has 0 saturated heterocycles. The van der Waals surface area contributed by atoms with Gasteiger partial charge in [-0.2, -0.15) is 0 Å². The Hall–Kier alpha value is -1.25. The van der Waals surface area contributed by atoms with Gasteiger partial charge >= 0.3 is 0 Å². The Labute approximate surface area is 118 Å². The monoisotopic (exact) mass is 275 g/mol. The van der Waals surface area contributed by atoms with Crippen LogP contribution in [0.15, 0.2) is 41.0 Å². The highest BCUT2D eigenvalue weighted by molar-refractivity contribution is 6.30. The van der Waals surface area contributed by atoms with Gasteiger partial charge in [-0.25, -0.2) is 0 Å². The maximum Gasteiger partial charge on any atom is 0.108 e. The van der Waals surface area contributed by atoms with Crippen LogP contribution in [0.25, 0.3) is 0 Å². The number of benzene rings is 1. The number of aryl methyl sites for hydroxylation is 1. The Kier molecular flexibility index (Phi) is 3.63. The van der Waals surface area contributed by atoms with Gasteiger partial charge in [-0.1, -0.05) is 23.7 Å². The molecule has 0 aliphatic heterocycles. The second-order valence-corrected chi connectivity index (χ2v) is 5.62. The molecule has 0 bridgehead atoms. The third-order valence-electron chi connectivity index (χ3n) is 3.85. The van der Waals surface area contributed by atoms with E-state index in [9.17, 15) is 0 Å². The molecule has 3 rings (SSSR count). The highest BCUT2D eigenvalue weighted by Crippen LogP contribution is 2.32. The van der Waals surface area contributed by atoms with Crippen molar-refractivity contribution in [2.45, 2.75) is 38.3 Å². The smallest absolute Gasteiger partial charge is 0.108 e. The minimum Gasteiger partial charge on any atom is -0.469 e. The Morgan fingerprint density at radius 1 is 1.37 bits per heavy atom. The lowest BCUT2D eigenvalue weighted by Gasteiger charge is -2.26. The number of nitrogens with one attached hydrogen (secondary N) is 1. The third kappa shape index (κ3) is 2.70. The Morgan fingerprint density at radius 2 is 2.26 bits per heavy atom. The summed E-state index contributed by atoms with van der Waals surface area (Å²) in [7, 11) is 0. The lowest BCUT2D eigenvalue weighted by Crippen LogP contribution is -2.27. The molecule has 1 N–H and O–H groups in total. The van der Waals surface area contributed by atoms with E-state index in [1.807, 2.05) is 18.2 Å². The van der Waals surface area contributed by atoms with Gasteiger partial charge in [0.05, 0.1) is 6.26 Å². The van der Waals surface area contributed by atoms with Gasteiger partial charge in [0.25, 0.3) is 0 Å². The van der Waals surface area contributed by atoms with E-state index in [0.717, 1.165) is 23.6 Å². The van der Waals surface area contributed by atoms with Crippen LogP contribution in [0.1, 0.15) is 48.7 Å². The van der Waals surface area contributed by atoms with Gasteiger partial charge in [0.15, 0.2) is 0 Å². The van der Waals surface area contributed by atoms with Crippen molar-refractivity contribution in [2.24, 2.45) is 0 Å². The Bertz CT molecular complexity index is 563. The standard InChI is InChI=1S/C16H18ClNO/c1-11(12-4-2-5-13(17)10-12)18-15-6-3-7-16-14(15)8-9-19-16/h2,4-5,8-11,15,18H,3,6-7H2,1H3/t11-,15?/m0/s1. The van der Waals surface area contributed by atoms with Crippen LogP contribution in [0.4, 0.5) is 0 Å². The maximum absolute atomic E-state index is 6.05. The zero-order chi connectivity index (χ0) is 13.2. The molecule has 3 heteroatoms. The second kappa shape index (κ2) is 5.40. The van der Waals surface area contributed by atoms with Crippen molar-refractivity contribution in [3.05, 3.63) is 58.5 Å². The SMILES string of the molecule is C[C@H](NC1CCCc2occc21)c1cccc(Cl)c1. The van der Waals surface area contributed by atoms with Crippen molar-refractivity contribution in [3.8, 4) is 0 Å². The second-order valence-electron chi connectivity index (χ2n) is 5.19. The first kappa shape index (κ1) is 12.8. The van der Waals surface area contributed by atoms with Gasteiger partial charge < -0.3 is 9.73 Å². The number of fused-ring (bicyclic) bond motifs is 1. The molecule has 100 valence electrons. The van der Waals surface area contributed by atoms with Crippen LogP contribution in [-0.4, -0.2) is 0 Å². The Morgan fingerprint density at radius 3 is 3.11 bits per heavy atom. The lowest BCUT2D eigenvalue weighted by atomic mass is 9.92. The van der Waals surface area contributed by atoms with Crippen LogP contribution >= 0.6 is 11.6 Å². The molecule has 1 aromatic carbocycles. The lowest BCUT2D eigenvalue weighted by molar-refractivity contribution is 0.386. The Balaban J connectivity index is 1.76. The normalized spacial score (nSPS) is 20.0. The van der Waals surface area contributed by atoms with Gasteiger partial charge in [0.2, 0.25) is 0 Å². The van der Waals surface area contributed by atoms with Crippen LogP contribution in [0.5, 0.6) is 0 Å². The van der Waals surface area contributed by atoms with Crippen LogP contribution in [0.3, 0.4) is 0 Å².